The Hall–Kier alpha value is -3.76. The molecule has 1 aromatic heterocycles. The monoisotopic (exact) mass is 528 g/mol. The van der Waals surface area contributed by atoms with E-state index in [1.54, 1.807) is 17.0 Å². The minimum atomic E-state index is -0.763. The van der Waals surface area contributed by atoms with E-state index in [4.69, 9.17) is 25.7 Å². The number of rotatable bonds is 8. The lowest BCUT2D eigenvalue weighted by atomic mass is 9.75. The van der Waals surface area contributed by atoms with Gasteiger partial charge in [0.25, 0.3) is 0 Å². The standard InChI is InChI=1S/C23H24N6O5S2/c1-32-15-8-7-11(19(33-2)20(15)34-3)17-12(9-24)21(26)29(13-5-4-6-14(30)18(13)17)22-27-28-23(36-22)35-10-16(25)31/h7-8,17H,4-6,10,26H2,1-3H3,(H2,25,31). The Morgan fingerprint density at radius 3 is 2.61 bits per heavy atom. The van der Waals surface area contributed by atoms with Crippen LogP contribution in [0.5, 0.6) is 17.2 Å². The zero-order chi connectivity index (χ0) is 26.0. The molecular formula is C23H24N6O5S2. The lowest BCUT2D eigenvalue weighted by Gasteiger charge is -2.38. The lowest BCUT2D eigenvalue weighted by Crippen LogP contribution is -2.38. The van der Waals surface area contributed by atoms with Crippen molar-refractivity contribution in [3.8, 4) is 23.3 Å². The Bertz CT molecular complexity index is 1330. The van der Waals surface area contributed by atoms with Gasteiger partial charge < -0.3 is 25.7 Å². The minimum Gasteiger partial charge on any atom is -0.493 e. The molecular weight excluding hydrogens is 504 g/mol. The summed E-state index contributed by atoms with van der Waals surface area (Å²) in [6.07, 6.45) is 1.52. The first-order valence-corrected chi connectivity index (χ1v) is 12.7. The number of carbonyl (C=O) groups excluding carboxylic acids is 2. The molecule has 2 aliphatic rings. The number of thioether (sulfide) groups is 1. The van der Waals surface area contributed by atoms with Gasteiger partial charge in [0.1, 0.15) is 5.82 Å². The molecule has 0 radical (unpaired) electrons. The second-order valence-corrected chi connectivity index (χ2v) is 10.0. The van der Waals surface area contributed by atoms with E-state index in [9.17, 15) is 14.9 Å². The van der Waals surface area contributed by atoms with Crippen LogP contribution in [0.2, 0.25) is 0 Å². The van der Waals surface area contributed by atoms with Gasteiger partial charge in [-0.1, -0.05) is 29.2 Å². The number of amides is 1. The highest BCUT2D eigenvalue weighted by atomic mass is 32.2. The van der Waals surface area contributed by atoms with Crippen molar-refractivity contribution in [3.63, 3.8) is 0 Å². The number of ketones is 1. The van der Waals surface area contributed by atoms with Crippen molar-refractivity contribution in [2.75, 3.05) is 32.0 Å². The van der Waals surface area contributed by atoms with Gasteiger partial charge >= 0.3 is 0 Å². The molecule has 13 heteroatoms. The van der Waals surface area contributed by atoms with Gasteiger partial charge in [0, 0.05) is 23.3 Å². The van der Waals surface area contributed by atoms with Crippen molar-refractivity contribution >= 4 is 39.9 Å². The van der Waals surface area contributed by atoms with Crippen LogP contribution in [0.4, 0.5) is 5.13 Å². The Labute approximate surface area is 215 Å². The number of nitrogens with two attached hydrogens (primary N) is 2. The second kappa shape index (κ2) is 10.5. The van der Waals surface area contributed by atoms with E-state index in [2.05, 4.69) is 16.3 Å². The largest absolute Gasteiger partial charge is 0.493 e. The second-order valence-electron chi connectivity index (χ2n) is 7.85. The number of primary amides is 1. The summed E-state index contributed by atoms with van der Waals surface area (Å²) in [4.78, 5) is 26.2. The average Bonchev–Trinajstić information content (AvgIpc) is 3.34. The van der Waals surface area contributed by atoms with Crippen LogP contribution in [0.3, 0.4) is 0 Å². The molecule has 1 aliphatic carbocycles. The Balaban J connectivity index is 1.91. The van der Waals surface area contributed by atoms with E-state index in [0.717, 1.165) is 11.8 Å². The van der Waals surface area contributed by atoms with Gasteiger partial charge in [-0.25, -0.2) is 0 Å². The summed E-state index contributed by atoms with van der Waals surface area (Å²) in [5.74, 6) is 0.0212. The number of methoxy groups -OCH3 is 3. The molecule has 1 aliphatic heterocycles. The van der Waals surface area contributed by atoms with Crippen LogP contribution < -0.4 is 30.6 Å². The van der Waals surface area contributed by atoms with E-state index in [1.807, 2.05) is 0 Å². The quantitative estimate of drug-likeness (QED) is 0.483. The molecule has 2 aromatic rings. The Kier molecular flexibility index (Phi) is 7.37. The van der Waals surface area contributed by atoms with Crippen molar-refractivity contribution in [1.82, 2.24) is 10.2 Å². The fourth-order valence-electron chi connectivity index (χ4n) is 4.45. The zero-order valence-electron chi connectivity index (χ0n) is 19.9. The predicted molar refractivity (Wildman–Crippen MR) is 134 cm³/mol. The van der Waals surface area contributed by atoms with Gasteiger partial charge in [0.2, 0.25) is 16.8 Å². The summed E-state index contributed by atoms with van der Waals surface area (Å²) in [6.45, 7) is 0. The fraction of sp³-hybridized carbons (Fsp3) is 0.348. The molecule has 0 saturated carbocycles. The van der Waals surface area contributed by atoms with Crippen LogP contribution in [-0.2, 0) is 9.59 Å². The maximum absolute atomic E-state index is 13.4. The van der Waals surface area contributed by atoms with Crippen LogP contribution >= 0.6 is 23.1 Å². The van der Waals surface area contributed by atoms with Crippen molar-refractivity contribution in [3.05, 3.63) is 40.4 Å². The third kappa shape index (κ3) is 4.33. The van der Waals surface area contributed by atoms with E-state index >= 15 is 0 Å². The van der Waals surface area contributed by atoms with Crippen molar-refractivity contribution in [1.29, 1.82) is 5.26 Å². The first-order chi connectivity index (χ1) is 17.4. The number of ether oxygens (including phenoxy) is 3. The highest BCUT2D eigenvalue weighted by molar-refractivity contribution is 8.01. The van der Waals surface area contributed by atoms with Gasteiger partial charge in [0.15, 0.2) is 21.6 Å². The molecule has 0 bridgehead atoms. The van der Waals surface area contributed by atoms with Crippen LogP contribution in [0, 0.1) is 11.3 Å². The maximum Gasteiger partial charge on any atom is 0.227 e. The first-order valence-electron chi connectivity index (χ1n) is 10.9. The van der Waals surface area contributed by atoms with Gasteiger partial charge in [-0.05, 0) is 18.9 Å². The van der Waals surface area contributed by atoms with Gasteiger partial charge in [-0.2, -0.15) is 5.26 Å². The van der Waals surface area contributed by atoms with E-state index in [1.165, 1.54) is 32.7 Å². The van der Waals surface area contributed by atoms with E-state index < -0.39 is 11.8 Å². The number of nitriles is 1. The molecule has 188 valence electrons. The molecule has 2 heterocycles. The number of benzene rings is 1. The van der Waals surface area contributed by atoms with Crippen molar-refractivity contribution in [2.24, 2.45) is 11.5 Å². The molecule has 11 nitrogen and oxygen atoms in total. The number of carbonyl (C=O) groups is 2. The maximum atomic E-state index is 13.4. The van der Waals surface area contributed by atoms with Gasteiger partial charge in [0.05, 0.1) is 44.6 Å². The lowest BCUT2D eigenvalue weighted by molar-refractivity contribution is -0.116. The Morgan fingerprint density at radius 1 is 1.22 bits per heavy atom. The molecule has 36 heavy (non-hydrogen) atoms. The highest BCUT2D eigenvalue weighted by Crippen LogP contribution is 2.52. The molecule has 4 rings (SSSR count). The van der Waals surface area contributed by atoms with Gasteiger partial charge in [-0.3, -0.25) is 14.5 Å². The smallest absolute Gasteiger partial charge is 0.227 e. The molecule has 1 amide bonds. The molecule has 1 unspecified atom stereocenters. The average molecular weight is 529 g/mol. The third-order valence-corrected chi connectivity index (χ3v) is 7.95. The number of aromatic nitrogens is 2. The highest BCUT2D eigenvalue weighted by Gasteiger charge is 2.43. The summed E-state index contributed by atoms with van der Waals surface area (Å²) in [6, 6.07) is 5.66. The molecule has 0 spiro atoms. The summed E-state index contributed by atoms with van der Waals surface area (Å²) in [7, 11) is 4.48. The normalized spacial score (nSPS) is 17.6. The topological polar surface area (TPSA) is 167 Å². The SMILES string of the molecule is COc1ccc(C2C(C#N)=C(N)N(c3nnc(SCC(N)=O)s3)C3=C2C(=O)CCC3)c(OC)c1OC. The molecule has 1 aromatic carbocycles. The molecule has 1 atom stereocenters. The first kappa shape index (κ1) is 25.3. The summed E-state index contributed by atoms with van der Waals surface area (Å²) >= 11 is 2.36. The third-order valence-electron chi connectivity index (χ3n) is 5.88. The summed E-state index contributed by atoms with van der Waals surface area (Å²) in [5.41, 5.74) is 13.7. The minimum absolute atomic E-state index is 0.0526. The molecule has 0 fully saturated rings. The summed E-state index contributed by atoms with van der Waals surface area (Å²) in [5, 5.41) is 19.0. The number of nitrogens with zero attached hydrogens (tertiary/aromatic N) is 4. The fourth-order valence-corrected chi connectivity index (χ4v) is 6.07. The van der Waals surface area contributed by atoms with Gasteiger partial charge in [-0.15, -0.1) is 10.2 Å². The van der Waals surface area contributed by atoms with Crippen LogP contribution in [0.1, 0.15) is 30.7 Å². The van der Waals surface area contributed by atoms with Crippen LogP contribution in [-0.4, -0.2) is 49.0 Å². The zero-order valence-corrected chi connectivity index (χ0v) is 21.5. The van der Waals surface area contributed by atoms with Crippen molar-refractivity contribution in [2.45, 2.75) is 29.5 Å². The number of hydrogen-bond acceptors (Lipinski definition) is 12. The van der Waals surface area contributed by atoms with E-state index in [-0.39, 0.29) is 22.9 Å². The van der Waals surface area contributed by atoms with Crippen molar-refractivity contribution < 1.29 is 23.8 Å². The van der Waals surface area contributed by atoms with E-state index in [0.29, 0.717) is 62.8 Å². The summed E-state index contributed by atoms with van der Waals surface area (Å²) < 4.78 is 17.1. The number of anilines is 1. The Morgan fingerprint density at radius 2 is 1.97 bits per heavy atom. The number of allylic oxidation sites excluding steroid dienone is 3. The number of hydrogen-bond donors (Lipinski definition) is 2. The molecule has 4 N–H and O–H groups in total. The van der Waals surface area contributed by atoms with Crippen LogP contribution in [0.15, 0.2) is 39.1 Å². The predicted octanol–water partition coefficient (Wildman–Crippen LogP) is 2.45. The number of Topliss-reactive ketones (excluding diaryl/α,β-unsaturated/α-hetero) is 1. The molecule has 0 saturated heterocycles. The van der Waals surface area contributed by atoms with Crippen LogP contribution in [0.25, 0.3) is 0 Å².